The van der Waals surface area contributed by atoms with Crippen LogP contribution in [0.25, 0.3) is 11.1 Å². The van der Waals surface area contributed by atoms with Gasteiger partial charge in [0.15, 0.2) is 9.84 Å². The summed E-state index contributed by atoms with van der Waals surface area (Å²) in [7, 11) is 0.100. The number of thiophene rings is 1. The van der Waals surface area contributed by atoms with E-state index in [0.717, 1.165) is 17.7 Å². The predicted octanol–water partition coefficient (Wildman–Crippen LogP) is 4.86. The van der Waals surface area contributed by atoms with Gasteiger partial charge in [0.05, 0.1) is 17.8 Å². The number of hydrogen-bond acceptors (Lipinski definition) is 8. The van der Waals surface area contributed by atoms with Crippen molar-refractivity contribution < 1.29 is 13.2 Å². The predicted molar refractivity (Wildman–Crippen MR) is 136 cm³/mol. The topological polar surface area (TPSA) is 84.4 Å². The largest absolute Gasteiger partial charge is 0.481 e. The number of aromatic nitrogens is 2. The molecule has 0 fully saturated rings. The first kappa shape index (κ1) is 23.9. The van der Waals surface area contributed by atoms with Crippen LogP contribution in [0.4, 0.5) is 11.5 Å². The number of pyridine rings is 2. The SMILES string of the molecule is COc1ccc(-c2ccc(Nc3cccc(S(=O)(=O)CCN(C)Cc4cccs4)c3)nc2)cn1. The van der Waals surface area contributed by atoms with Crippen molar-refractivity contribution in [1.29, 1.82) is 0 Å². The van der Waals surface area contributed by atoms with Crippen molar-refractivity contribution in [3.05, 3.63) is 83.3 Å². The second-order valence-electron chi connectivity index (χ2n) is 7.81. The number of nitrogens with one attached hydrogen (secondary N) is 1. The smallest absolute Gasteiger partial charge is 0.212 e. The molecule has 0 saturated carbocycles. The third-order valence-corrected chi connectivity index (χ3v) is 7.81. The van der Waals surface area contributed by atoms with E-state index in [-0.39, 0.29) is 5.75 Å². The van der Waals surface area contributed by atoms with Crippen LogP contribution in [0.15, 0.2) is 83.3 Å². The molecular formula is C25H26N4O3S2. The number of nitrogens with zero attached hydrogens (tertiary/aromatic N) is 3. The molecule has 0 bridgehead atoms. The van der Waals surface area contributed by atoms with Crippen molar-refractivity contribution in [2.24, 2.45) is 0 Å². The van der Waals surface area contributed by atoms with E-state index in [9.17, 15) is 8.42 Å². The van der Waals surface area contributed by atoms with Gasteiger partial charge in [0, 0.05) is 53.2 Å². The second kappa shape index (κ2) is 10.8. The molecule has 9 heteroatoms. The van der Waals surface area contributed by atoms with Crippen LogP contribution in [0.5, 0.6) is 5.88 Å². The number of methoxy groups -OCH3 is 1. The first-order valence-electron chi connectivity index (χ1n) is 10.7. The zero-order valence-electron chi connectivity index (χ0n) is 19.0. The fourth-order valence-corrected chi connectivity index (χ4v) is 5.53. The Morgan fingerprint density at radius 3 is 2.44 bits per heavy atom. The van der Waals surface area contributed by atoms with E-state index >= 15 is 0 Å². The molecule has 0 unspecified atom stereocenters. The van der Waals surface area contributed by atoms with Gasteiger partial charge in [0.25, 0.3) is 0 Å². The number of ether oxygens (including phenoxy) is 1. The molecule has 3 heterocycles. The number of hydrogen-bond donors (Lipinski definition) is 1. The molecule has 0 spiro atoms. The lowest BCUT2D eigenvalue weighted by Crippen LogP contribution is -2.25. The molecule has 1 N–H and O–H groups in total. The van der Waals surface area contributed by atoms with Crippen LogP contribution in [0.1, 0.15) is 4.88 Å². The van der Waals surface area contributed by atoms with Gasteiger partial charge < -0.3 is 15.0 Å². The first-order chi connectivity index (χ1) is 16.4. The molecule has 0 aliphatic rings. The van der Waals surface area contributed by atoms with Gasteiger partial charge in [-0.2, -0.15) is 0 Å². The van der Waals surface area contributed by atoms with Crippen molar-refractivity contribution >= 4 is 32.7 Å². The van der Waals surface area contributed by atoms with Crippen LogP contribution in [0, 0.1) is 0 Å². The summed E-state index contributed by atoms with van der Waals surface area (Å²) in [5.41, 5.74) is 2.51. The van der Waals surface area contributed by atoms with Crippen LogP contribution >= 0.6 is 11.3 Å². The summed E-state index contributed by atoms with van der Waals surface area (Å²) in [6.07, 6.45) is 3.48. The molecule has 7 nitrogen and oxygen atoms in total. The second-order valence-corrected chi connectivity index (χ2v) is 11.0. The maximum atomic E-state index is 12.9. The fourth-order valence-electron chi connectivity index (χ4n) is 3.37. The monoisotopic (exact) mass is 494 g/mol. The maximum absolute atomic E-state index is 12.9. The van der Waals surface area contributed by atoms with Crippen LogP contribution in [0.2, 0.25) is 0 Å². The molecule has 4 aromatic rings. The van der Waals surface area contributed by atoms with Gasteiger partial charge in [-0.3, -0.25) is 0 Å². The van der Waals surface area contributed by atoms with E-state index in [2.05, 4.69) is 21.4 Å². The Morgan fingerprint density at radius 2 is 1.79 bits per heavy atom. The van der Waals surface area contributed by atoms with Gasteiger partial charge in [-0.1, -0.05) is 12.1 Å². The number of sulfone groups is 1. The quantitative estimate of drug-likeness (QED) is 0.337. The first-order valence-corrected chi connectivity index (χ1v) is 13.2. The molecular weight excluding hydrogens is 468 g/mol. The Morgan fingerprint density at radius 1 is 1.00 bits per heavy atom. The standard InChI is InChI=1S/C25H26N4O3S2/c1-29(18-22-6-4-13-33-22)12-14-34(30,31)23-7-3-5-21(15-23)28-24-10-8-19(16-26-24)20-9-11-25(32-2)27-17-20/h3-11,13,15-17H,12,14,18H2,1-2H3,(H,26,28). The Hall–Kier alpha value is -3.27. The van der Waals surface area contributed by atoms with Crippen LogP contribution in [-0.4, -0.2) is 49.7 Å². The van der Waals surface area contributed by atoms with Gasteiger partial charge in [-0.15, -0.1) is 11.3 Å². The normalized spacial score (nSPS) is 11.5. The van der Waals surface area contributed by atoms with Crippen LogP contribution < -0.4 is 10.1 Å². The van der Waals surface area contributed by atoms with Gasteiger partial charge >= 0.3 is 0 Å². The minimum Gasteiger partial charge on any atom is -0.481 e. The molecule has 0 aliphatic heterocycles. The van der Waals surface area contributed by atoms with E-state index in [1.54, 1.807) is 55.1 Å². The highest BCUT2D eigenvalue weighted by Gasteiger charge is 2.16. The van der Waals surface area contributed by atoms with Crippen molar-refractivity contribution in [3.8, 4) is 17.0 Å². The average Bonchev–Trinajstić information content (AvgIpc) is 3.37. The van der Waals surface area contributed by atoms with E-state index in [1.807, 2.05) is 47.7 Å². The highest BCUT2D eigenvalue weighted by molar-refractivity contribution is 7.91. The molecule has 0 radical (unpaired) electrons. The average molecular weight is 495 g/mol. The van der Waals surface area contributed by atoms with Gasteiger partial charge in [-0.25, -0.2) is 18.4 Å². The summed E-state index contributed by atoms with van der Waals surface area (Å²) >= 11 is 1.67. The van der Waals surface area contributed by atoms with E-state index in [1.165, 1.54) is 4.88 Å². The van der Waals surface area contributed by atoms with Gasteiger partial charge in [-0.05, 0) is 54.9 Å². The van der Waals surface area contributed by atoms with Gasteiger partial charge in [0.1, 0.15) is 5.82 Å². The summed E-state index contributed by atoms with van der Waals surface area (Å²) in [5, 5.41) is 5.21. The Labute approximate surface area is 204 Å². The summed E-state index contributed by atoms with van der Waals surface area (Å²) < 4.78 is 30.9. The molecule has 176 valence electrons. The van der Waals surface area contributed by atoms with E-state index in [4.69, 9.17) is 4.74 Å². The summed E-state index contributed by atoms with van der Waals surface area (Å²) in [6, 6.07) is 18.4. The Kier molecular flexibility index (Phi) is 7.56. The Balaban J connectivity index is 1.39. The molecule has 4 rings (SSSR count). The highest BCUT2D eigenvalue weighted by atomic mass is 32.2. The minimum absolute atomic E-state index is 0.0567. The summed E-state index contributed by atoms with van der Waals surface area (Å²) in [6.45, 7) is 1.20. The zero-order chi connectivity index (χ0) is 24.0. The lowest BCUT2D eigenvalue weighted by atomic mass is 10.1. The van der Waals surface area contributed by atoms with Gasteiger partial charge in [0.2, 0.25) is 5.88 Å². The molecule has 0 atom stereocenters. The lowest BCUT2D eigenvalue weighted by Gasteiger charge is -2.16. The summed E-state index contributed by atoms with van der Waals surface area (Å²) in [5.74, 6) is 1.23. The van der Waals surface area contributed by atoms with Crippen molar-refractivity contribution in [3.63, 3.8) is 0 Å². The minimum atomic E-state index is -3.41. The molecule has 3 aromatic heterocycles. The van der Waals surface area contributed by atoms with Crippen LogP contribution in [0.3, 0.4) is 0 Å². The zero-order valence-corrected chi connectivity index (χ0v) is 20.6. The van der Waals surface area contributed by atoms with Crippen LogP contribution in [-0.2, 0) is 16.4 Å². The molecule has 0 aliphatic carbocycles. The fraction of sp³-hybridized carbons (Fsp3) is 0.200. The van der Waals surface area contributed by atoms with E-state index < -0.39 is 9.84 Å². The lowest BCUT2D eigenvalue weighted by molar-refractivity contribution is 0.349. The van der Waals surface area contributed by atoms with Crippen molar-refractivity contribution in [2.45, 2.75) is 11.4 Å². The molecule has 0 saturated heterocycles. The number of benzene rings is 1. The maximum Gasteiger partial charge on any atom is 0.212 e. The van der Waals surface area contributed by atoms with Crippen molar-refractivity contribution in [1.82, 2.24) is 14.9 Å². The Bertz CT molecular complexity index is 1310. The van der Waals surface area contributed by atoms with Crippen molar-refractivity contribution in [2.75, 3.05) is 31.8 Å². The third-order valence-electron chi connectivity index (χ3n) is 5.26. The van der Waals surface area contributed by atoms with E-state index in [0.29, 0.717) is 28.8 Å². The summed E-state index contributed by atoms with van der Waals surface area (Å²) in [4.78, 5) is 12.2. The number of rotatable bonds is 10. The molecule has 1 aromatic carbocycles. The molecule has 34 heavy (non-hydrogen) atoms. The molecule has 0 amide bonds. The number of anilines is 2. The highest BCUT2D eigenvalue weighted by Crippen LogP contribution is 2.23. The third kappa shape index (κ3) is 6.19.